The Morgan fingerprint density at radius 1 is 1.12 bits per heavy atom. The van der Waals surface area contributed by atoms with Gasteiger partial charge >= 0.3 is 0 Å². The molecule has 2 fully saturated rings. The van der Waals surface area contributed by atoms with Crippen molar-refractivity contribution in [1.82, 2.24) is 9.88 Å². The lowest BCUT2D eigenvalue weighted by Gasteiger charge is -2.22. The summed E-state index contributed by atoms with van der Waals surface area (Å²) in [6.07, 6.45) is 2.42. The molecule has 1 heterocycles. The van der Waals surface area contributed by atoms with E-state index in [0.29, 0.717) is 18.0 Å². The van der Waals surface area contributed by atoms with Gasteiger partial charge in [0.2, 0.25) is 11.8 Å². The first kappa shape index (κ1) is 22.5. The van der Waals surface area contributed by atoms with Crippen molar-refractivity contribution in [2.24, 2.45) is 11.3 Å². The number of anilines is 1. The lowest BCUT2D eigenvalue weighted by molar-refractivity contribution is -0.135. The topological polar surface area (TPSA) is 74.4 Å². The first-order chi connectivity index (χ1) is 16.3. The molecular weight excluding hydrogens is 426 g/mol. The highest BCUT2D eigenvalue weighted by molar-refractivity contribution is 5.95. The summed E-state index contributed by atoms with van der Waals surface area (Å²) in [7, 11) is 1.61. The Morgan fingerprint density at radius 2 is 1.82 bits per heavy atom. The van der Waals surface area contributed by atoms with Crippen molar-refractivity contribution in [3.05, 3.63) is 59.8 Å². The SMILES string of the molecule is COc1ccc(NC(=O)CN(C(=O)CC2C(c3c(C)[nH]c4ccccc34)C2(C)C)C2CC2)cc1. The molecule has 2 atom stereocenters. The normalized spacial score (nSPS) is 20.7. The molecule has 2 N–H and O–H groups in total. The molecule has 34 heavy (non-hydrogen) atoms. The second kappa shape index (κ2) is 8.49. The van der Waals surface area contributed by atoms with Gasteiger partial charge in [0, 0.05) is 34.7 Å². The Balaban J connectivity index is 1.27. The van der Waals surface area contributed by atoms with E-state index < -0.39 is 0 Å². The number of methoxy groups -OCH3 is 1. The van der Waals surface area contributed by atoms with E-state index in [1.807, 2.05) is 6.07 Å². The molecule has 0 spiro atoms. The molecular formula is C28H33N3O3. The number of carbonyl (C=O) groups is 2. The van der Waals surface area contributed by atoms with Gasteiger partial charge in [0.25, 0.3) is 0 Å². The smallest absolute Gasteiger partial charge is 0.244 e. The Kier molecular flexibility index (Phi) is 5.62. The number of nitrogens with zero attached hydrogens (tertiary/aromatic N) is 1. The number of amides is 2. The van der Waals surface area contributed by atoms with Crippen LogP contribution in [0.5, 0.6) is 5.75 Å². The van der Waals surface area contributed by atoms with Crippen molar-refractivity contribution in [2.75, 3.05) is 19.0 Å². The van der Waals surface area contributed by atoms with Crippen molar-refractivity contribution < 1.29 is 14.3 Å². The fourth-order valence-corrected chi connectivity index (χ4v) is 5.54. The minimum absolute atomic E-state index is 0.0476. The van der Waals surface area contributed by atoms with Crippen LogP contribution in [0.1, 0.15) is 50.3 Å². The monoisotopic (exact) mass is 459 g/mol. The summed E-state index contributed by atoms with van der Waals surface area (Å²) < 4.78 is 5.17. The number of para-hydroxylation sites is 1. The van der Waals surface area contributed by atoms with Gasteiger partial charge in [-0.05, 0) is 72.9 Å². The highest BCUT2D eigenvalue weighted by atomic mass is 16.5. The van der Waals surface area contributed by atoms with Crippen LogP contribution in [0, 0.1) is 18.3 Å². The fraction of sp³-hybridized carbons (Fsp3) is 0.429. The standard InChI is InChI=1S/C28H33N3O3/c1-17-26(21-7-5-6-8-23(21)29-17)27-22(28(27,2)3)15-25(33)31(19-11-12-19)16-24(32)30-18-9-13-20(34-4)14-10-18/h5-10,13-14,19,22,27,29H,11-12,15-16H2,1-4H3,(H,30,32). The van der Waals surface area contributed by atoms with Crippen LogP contribution >= 0.6 is 0 Å². The molecule has 2 aliphatic rings. The van der Waals surface area contributed by atoms with Gasteiger partial charge < -0.3 is 19.9 Å². The number of carbonyl (C=O) groups excluding carboxylic acids is 2. The van der Waals surface area contributed by atoms with Gasteiger partial charge in [0.1, 0.15) is 12.3 Å². The van der Waals surface area contributed by atoms with E-state index in [1.165, 1.54) is 16.6 Å². The van der Waals surface area contributed by atoms with Crippen LogP contribution in [-0.4, -0.2) is 41.4 Å². The maximum Gasteiger partial charge on any atom is 0.244 e. The van der Waals surface area contributed by atoms with Gasteiger partial charge in [-0.15, -0.1) is 0 Å². The number of rotatable bonds is 8. The van der Waals surface area contributed by atoms with E-state index in [9.17, 15) is 9.59 Å². The summed E-state index contributed by atoms with van der Waals surface area (Å²) in [4.78, 5) is 31.5. The van der Waals surface area contributed by atoms with E-state index in [0.717, 1.165) is 24.1 Å². The van der Waals surface area contributed by atoms with Crippen LogP contribution in [0.4, 0.5) is 5.69 Å². The predicted molar refractivity (Wildman–Crippen MR) is 134 cm³/mol. The summed E-state index contributed by atoms with van der Waals surface area (Å²) in [6, 6.07) is 15.8. The van der Waals surface area contributed by atoms with Crippen molar-refractivity contribution in [3.8, 4) is 5.75 Å². The van der Waals surface area contributed by atoms with Gasteiger partial charge in [-0.25, -0.2) is 0 Å². The fourth-order valence-electron chi connectivity index (χ4n) is 5.54. The number of aryl methyl sites for hydroxylation is 1. The summed E-state index contributed by atoms with van der Waals surface area (Å²) >= 11 is 0. The van der Waals surface area contributed by atoms with Gasteiger partial charge in [0.15, 0.2) is 0 Å². The Bertz CT molecular complexity index is 1220. The van der Waals surface area contributed by atoms with E-state index in [4.69, 9.17) is 4.74 Å². The molecule has 2 aliphatic carbocycles. The van der Waals surface area contributed by atoms with Crippen LogP contribution in [-0.2, 0) is 9.59 Å². The second-order valence-corrected chi connectivity index (χ2v) is 10.3. The third-order valence-corrected chi connectivity index (χ3v) is 7.70. The molecule has 1 aromatic heterocycles. The number of nitrogens with one attached hydrogen (secondary N) is 2. The van der Waals surface area contributed by atoms with E-state index in [2.05, 4.69) is 49.3 Å². The van der Waals surface area contributed by atoms with E-state index in [-0.39, 0.29) is 35.7 Å². The second-order valence-electron chi connectivity index (χ2n) is 10.3. The molecule has 6 heteroatoms. The molecule has 0 aliphatic heterocycles. The van der Waals surface area contributed by atoms with Crippen molar-refractivity contribution in [2.45, 2.75) is 52.0 Å². The molecule has 2 unspecified atom stereocenters. The molecule has 0 radical (unpaired) electrons. The van der Waals surface area contributed by atoms with Crippen LogP contribution in [0.25, 0.3) is 10.9 Å². The summed E-state index contributed by atoms with van der Waals surface area (Å²) in [5.74, 6) is 1.26. The Morgan fingerprint density at radius 3 is 2.50 bits per heavy atom. The lowest BCUT2D eigenvalue weighted by atomic mass is 10.0. The average molecular weight is 460 g/mol. The van der Waals surface area contributed by atoms with Gasteiger partial charge in [0.05, 0.1) is 7.11 Å². The molecule has 0 saturated heterocycles. The van der Waals surface area contributed by atoms with Crippen LogP contribution in [0.3, 0.4) is 0 Å². The molecule has 2 saturated carbocycles. The number of fused-ring (bicyclic) bond motifs is 1. The lowest BCUT2D eigenvalue weighted by Crippen LogP contribution is -2.39. The first-order valence-electron chi connectivity index (χ1n) is 12.1. The minimum Gasteiger partial charge on any atom is -0.497 e. The molecule has 178 valence electrons. The average Bonchev–Trinajstić information content (AvgIpc) is 3.70. The van der Waals surface area contributed by atoms with Crippen molar-refractivity contribution in [1.29, 1.82) is 0 Å². The van der Waals surface area contributed by atoms with Gasteiger partial charge in [-0.2, -0.15) is 0 Å². The quantitative estimate of drug-likeness (QED) is 0.483. The zero-order valence-electron chi connectivity index (χ0n) is 20.4. The minimum atomic E-state index is -0.163. The molecule has 3 aromatic rings. The zero-order chi connectivity index (χ0) is 24.0. The number of aromatic nitrogens is 1. The van der Waals surface area contributed by atoms with Crippen molar-refractivity contribution >= 4 is 28.4 Å². The van der Waals surface area contributed by atoms with E-state index >= 15 is 0 Å². The summed E-state index contributed by atoms with van der Waals surface area (Å²) in [5.41, 5.74) is 4.43. The highest BCUT2D eigenvalue weighted by Gasteiger charge is 2.60. The van der Waals surface area contributed by atoms with E-state index in [1.54, 1.807) is 36.3 Å². The highest BCUT2D eigenvalue weighted by Crippen LogP contribution is 2.67. The molecule has 0 bridgehead atoms. The van der Waals surface area contributed by atoms with Crippen molar-refractivity contribution in [3.63, 3.8) is 0 Å². The number of benzene rings is 2. The molecule has 2 aromatic carbocycles. The van der Waals surface area contributed by atoms with Crippen LogP contribution in [0.2, 0.25) is 0 Å². The number of hydrogen-bond acceptors (Lipinski definition) is 3. The van der Waals surface area contributed by atoms with Gasteiger partial charge in [-0.1, -0.05) is 32.0 Å². The Hall–Kier alpha value is -3.28. The largest absolute Gasteiger partial charge is 0.497 e. The maximum atomic E-state index is 13.4. The number of H-pyrrole nitrogens is 1. The number of aromatic amines is 1. The van der Waals surface area contributed by atoms with Gasteiger partial charge in [-0.3, -0.25) is 9.59 Å². The van der Waals surface area contributed by atoms with Crippen LogP contribution in [0.15, 0.2) is 48.5 Å². The third-order valence-electron chi connectivity index (χ3n) is 7.70. The molecule has 5 rings (SSSR count). The predicted octanol–water partition coefficient (Wildman–Crippen LogP) is 5.24. The Labute approximate surface area is 200 Å². The van der Waals surface area contributed by atoms with Crippen LogP contribution < -0.4 is 10.1 Å². The first-order valence-corrected chi connectivity index (χ1v) is 12.1. The maximum absolute atomic E-state index is 13.4. The number of hydrogen-bond donors (Lipinski definition) is 2. The number of ether oxygens (including phenoxy) is 1. The molecule has 2 amide bonds. The zero-order valence-corrected chi connectivity index (χ0v) is 20.4. The molecule has 6 nitrogen and oxygen atoms in total. The third kappa shape index (κ3) is 4.17. The summed E-state index contributed by atoms with van der Waals surface area (Å²) in [5, 5.41) is 4.17. The summed E-state index contributed by atoms with van der Waals surface area (Å²) in [6.45, 7) is 6.74.